The van der Waals surface area contributed by atoms with Crippen LogP contribution in [0.3, 0.4) is 0 Å². The summed E-state index contributed by atoms with van der Waals surface area (Å²) in [6.07, 6.45) is 3.63. The van der Waals surface area contributed by atoms with Crippen LogP contribution in [-0.2, 0) is 5.75 Å². The van der Waals surface area contributed by atoms with Gasteiger partial charge in [0.2, 0.25) is 5.16 Å². The van der Waals surface area contributed by atoms with Crippen molar-refractivity contribution >= 4 is 40.6 Å². The molecule has 4 aromatic rings. The van der Waals surface area contributed by atoms with E-state index < -0.39 is 0 Å². The number of para-hydroxylation sites is 1. The van der Waals surface area contributed by atoms with Gasteiger partial charge in [-0.25, -0.2) is 9.66 Å². The van der Waals surface area contributed by atoms with E-state index in [2.05, 4.69) is 15.2 Å². The molecule has 4 rings (SSSR count). The predicted molar refractivity (Wildman–Crippen MR) is 107 cm³/mol. The van der Waals surface area contributed by atoms with Gasteiger partial charge >= 0.3 is 0 Å². The molecule has 0 fully saturated rings. The third-order valence-electron chi connectivity index (χ3n) is 3.88. The molecule has 3 aromatic heterocycles. The highest BCUT2D eigenvalue weighted by Gasteiger charge is 2.16. The molecule has 2 N–H and O–H groups in total. The van der Waals surface area contributed by atoms with E-state index in [4.69, 9.17) is 33.8 Å². The van der Waals surface area contributed by atoms with Crippen LogP contribution >= 0.6 is 35.0 Å². The highest BCUT2D eigenvalue weighted by atomic mass is 35.5. The van der Waals surface area contributed by atoms with Gasteiger partial charge in [0.15, 0.2) is 11.5 Å². The van der Waals surface area contributed by atoms with Crippen LogP contribution in [0.1, 0.15) is 5.69 Å². The molecule has 0 saturated heterocycles. The van der Waals surface area contributed by atoms with Gasteiger partial charge in [0.1, 0.15) is 5.75 Å². The van der Waals surface area contributed by atoms with Crippen molar-refractivity contribution in [2.24, 2.45) is 0 Å². The van der Waals surface area contributed by atoms with Crippen molar-refractivity contribution in [1.29, 1.82) is 0 Å². The van der Waals surface area contributed by atoms with Crippen molar-refractivity contribution in [2.45, 2.75) is 10.9 Å². The Bertz CT molecular complexity index is 1130. The maximum atomic E-state index is 6.19. The van der Waals surface area contributed by atoms with E-state index in [-0.39, 0.29) is 0 Å². The second-order valence-corrected chi connectivity index (χ2v) is 7.42. The number of thioether (sulfide) groups is 1. The third kappa shape index (κ3) is 3.43. The number of pyridine rings is 1. The van der Waals surface area contributed by atoms with Crippen molar-refractivity contribution in [3.63, 3.8) is 0 Å². The average molecular weight is 421 g/mol. The van der Waals surface area contributed by atoms with Gasteiger partial charge in [0, 0.05) is 18.1 Å². The number of aromatic nitrogens is 5. The number of nitrogens with two attached hydrogens (primary N) is 1. The summed E-state index contributed by atoms with van der Waals surface area (Å²) in [5, 5.41) is 9.99. The van der Waals surface area contributed by atoms with Crippen LogP contribution in [0.5, 0.6) is 5.75 Å². The quantitative estimate of drug-likeness (QED) is 0.389. The van der Waals surface area contributed by atoms with Crippen molar-refractivity contribution in [1.82, 2.24) is 24.3 Å². The van der Waals surface area contributed by atoms with E-state index in [1.54, 1.807) is 23.8 Å². The molecule has 0 aliphatic carbocycles. The summed E-state index contributed by atoms with van der Waals surface area (Å²) in [5.41, 5.74) is 2.25. The van der Waals surface area contributed by atoms with E-state index >= 15 is 0 Å². The normalized spacial score (nSPS) is 11.2. The maximum absolute atomic E-state index is 6.19. The van der Waals surface area contributed by atoms with Gasteiger partial charge in [-0.15, -0.1) is 10.2 Å². The first-order valence-electron chi connectivity index (χ1n) is 7.86. The Hall–Kier alpha value is -2.42. The molecule has 0 amide bonds. The zero-order valence-corrected chi connectivity index (χ0v) is 16.5. The number of hydrogen-bond donors (Lipinski definition) is 1. The van der Waals surface area contributed by atoms with Gasteiger partial charge in [-0.1, -0.05) is 47.1 Å². The van der Waals surface area contributed by atoms with E-state index in [0.717, 1.165) is 11.3 Å². The standard InChI is InChI=1S/C17H14Cl2N6OS/c1-26-14-5-3-2-4-12(14)15-22-23-17(25(15)20)27-9-11-8-24-7-10(18)6-13(19)16(24)21-11/h2-8H,9,20H2,1H3. The van der Waals surface area contributed by atoms with E-state index in [9.17, 15) is 0 Å². The maximum Gasteiger partial charge on any atom is 0.210 e. The van der Waals surface area contributed by atoms with Crippen LogP contribution in [0, 0.1) is 0 Å². The SMILES string of the molecule is COc1ccccc1-c1nnc(SCc2cn3cc(Cl)cc(Cl)c3n2)n1N. The van der Waals surface area contributed by atoms with Gasteiger partial charge in [0.05, 0.1) is 28.4 Å². The number of nitrogen functional groups attached to an aromatic ring is 1. The number of nitrogens with zero attached hydrogens (tertiary/aromatic N) is 5. The summed E-state index contributed by atoms with van der Waals surface area (Å²) in [4.78, 5) is 4.52. The van der Waals surface area contributed by atoms with Crippen LogP contribution < -0.4 is 10.6 Å². The first-order valence-corrected chi connectivity index (χ1v) is 9.60. The Morgan fingerprint density at radius 1 is 1.19 bits per heavy atom. The molecular weight excluding hydrogens is 407 g/mol. The molecule has 10 heteroatoms. The van der Waals surface area contributed by atoms with Crippen LogP contribution in [0.25, 0.3) is 17.0 Å². The molecule has 0 atom stereocenters. The Balaban J connectivity index is 1.58. The molecule has 27 heavy (non-hydrogen) atoms. The fourth-order valence-electron chi connectivity index (χ4n) is 2.67. The fourth-order valence-corrected chi connectivity index (χ4v) is 3.94. The summed E-state index contributed by atoms with van der Waals surface area (Å²) < 4.78 is 8.61. The first-order chi connectivity index (χ1) is 13.1. The number of methoxy groups -OCH3 is 1. The summed E-state index contributed by atoms with van der Waals surface area (Å²) in [7, 11) is 1.60. The Morgan fingerprint density at radius 3 is 2.81 bits per heavy atom. The van der Waals surface area contributed by atoms with Gasteiger partial charge < -0.3 is 15.0 Å². The summed E-state index contributed by atoms with van der Waals surface area (Å²) >= 11 is 13.6. The van der Waals surface area contributed by atoms with Crippen LogP contribution in [0.4, 0.5) is 0 Å². The second-order valence-electron chi connectivity index (χ2n) is 5.63. The monoisotopic (exact) mass is 420 g/mol. The molecule has 7 nitrogen and oxygen atoms in total. The lowest BCUT2D eigenvalue weighted by Crippen LogP contribution is -2.12. The zero-order chi connectivity index (χ0) is 19.0. The molecule has 0 spiro atoms. The van der Waals surface area contributed by atoms with Gasteiger partial charge in [-0.3, -0.25) is 0 Å². The first kappa shape index (κ1) is 18.0. The van der Waals surface area contributed by atoms with E-state index in [1.807, 2.05) is 30.5 Å². The number of imidazole rings is 1. The van der Waals surface area contributed by atoms with Crippen molar-refractivity contribution in [3.8, 4) is 17.1 Å². The fraction of sp³-hybridized carbons (Fsp3) is 0.118. The largest absolute Gasteiger partial charge is 0.496 e. The van der Waals surface area contributed by atoms with Crippen molar-refractivity contribution in [3.05, 3.63) is 58.5 Å². The van der Waals surface area contributed by atoms with Crippen LogP contribution in [0.15, 0.2) is 47.9 Å². The molecule has 0 saturated carbocycles. The van der Waals surface area contributed by atoms with Gasteiger partial charge in [-0.2, -0.15) is 0 Å². The smallest absolute Gasteiger partial charge is 0.210 e. The Morgan fingerprint density at radius 2 is 2.00 bits per heavy atom. The number of hydrogen-bond acceptors (Lipinski definition) is 6. The minimum atomic E-state index is 0.499. The molecule has 0 unspecified atom stereocenters. The number of fused-ring (bicyclic) bond motifs is 1. The number of ether oxygens (including phenoxy) is 1. The minimum absolute atomic E-state index is 0.499. The third-order valence-corrected chi connectivity index (χ3v) is 5.35. The lowest BCUT2D eigenvalue weighted by atomic mass is 10.2. The molecule has 138 valence electrons. The molecule has 0 bridgehead atoms. The Kier molecular flexibility index (Phi) is 4.86. The lowest BCUT2D eigenvalue weighted by Gasteiger charge is -2.07. The van der Waals surface area contributed by atoms with Crippen molar-refractivity contribution in [2.75, 3.05) is 13.0 Å². The summed E-state index contributed by atoms with van der Waals surface area (Å²) in [5.74, 6) is 7.95. The number of rotatable bonds is 5. The lowest BCUT2D eigenvalue weighted by molar-refractivity contribution is 0.416. The van der Waals surface area contributed by atoms with Gasteiger partial charge in [0.25, 0.3) is 0 Å². The number of benzene rings is 1. The Labute approximate surface area is 169 Å². The summed E-state index contributed by atoms with van der Waals surface area (Å²) in [6.45, 7) is 0. The molecule has 0 radical (unpaired) electrons. The van der Waals surface area contributed by atoms with Crippen LogP contribution in [-0.4, -0.2) is 31.4 Å². The highest BCUT2D eigenvalue weighted by Crippen LogP contribution is 2.30. The topological polar surface area (TPSA) is 83.3 Å². The molecule has 1 aromatic carbocycles. The zero-order valence-electron chi connectivity index (χ0n) is 14.1. The predicted octanol–water partition coefficient (Wildman–Crippen LogP) is 3.91. The summed E-state index contributed by atoms with van der Waals surface area (Å²) in [6, 6.07) is 9.18. The molecule has 3 heterocycles. The molecule has 0 aliphatic rings. The van der Waals surface area contributed by atoms with Gasteiger partial charge in [-0.05, 0) is 18.2 Å². The molecule has 0 aliphatic heterocycles. The van der Waals surface area contributed by atoms with Crippen LogP contribution in [0.2, 0.25) is 10.0 Å². The highest BCUT2D eigenvalue weighted by molar-refractivity contribution is 7.98. The number of halogens is 2. The van der Waals surface area contributed by atoms with Crippen molar-refractivity contribution < 1.29 is 4.74 Å². The minimum Gasteiger partial charge on any atom is -0.496 e. The van der Waals surface area contributed by atoms with E-state index in [0.29, 0.717) is 38.2 Å². The average Bonchev–Trinajstić information content (AvgIpc) is 3.23. The second kappa shape index (κ2) is 7.30. The van der Waals surface area contributed by atoms with E-state index in [1.165, 1.54) is 16.4 Å². The molecular formula is C17H14Cl2N6OS.